The number of methoxy groups -OCH3 is 1. The molecule has 3 unspecified atom stereocenters. The SMILES string of the molecule is COc1ccc(CC(=O)NC2CCC(C)NC2C)cc1. The fraction of sp³-hybridized carbons (Fsp3) is 0.562. The van der Waals surface area contributed by atoms with Gasteiger partial charge in [0.1, 0.15) is 5.75 Å². The summed E-state index contributed by atoms with van der Waals surface area (Å²) in [5, 5.41) is 6.62. The first-order valence-electron chi connectivity index (χ1n) is 7.27. The van der Waals surface area contributed by atoms with Gasteiger partial charge in [-0.1, -0.05) is 12.1 Å². The number of benzene rings is 1. The Morgan fingerprint density at radius 2 is 2.00 bits per heavy atom. The van der Waals surface area contributed by atoms with Gasteiger partial charge < -0.3 is 15.4 Å². The highest BCUT2D eigenvalue weighted by molar-refractivity contribution is 5.79. The molecule has 2 rings (SSSR count). The van der Waals surface area contributed by atoms with Crippen LogP contribution in [0.15, 0.2) is 24.3 Å². The smallest absolute Gasteiger partial charge is 0.224 e. The molecule has 0 bridgehead atoms. The summed E-state index contributed by atoms with van der Waals surface area (Å²) in [6.07, 6.45) is 2.57. The molecule has 0 saturated carbocycles. The first-order chi connectivity index (χ1) is 9.58. The highest BCUT2D eigenvalue weighted by Crippen LogP contribution is 2.14. The van der Waals surface area contributed by atoms with Crippen LogP contribution in [-0.2, 0) is 11.2 Å². The van der Waals surface area contributed by atoms with E-state index in [9.17, 15) is 4.79 Å². The normalized spacial score (nSPS) is 26.1. The van der Waals surface area contributed by atoms with Crippen LogP contribution in [0.3, 0.4) is 0 Å². The number of amides is 1. The van der Waals surface area contributed by atoms with E-state index in [1.54, 1.807) is 7.11 Å². The summed E-state index contributed by atoms with van der Waals surface area (Å²) in [6.45, 7) is 4.32. The van der Waals surface area contributed by atoms with E-state index in [-0.39, 0.29) is 11.9 Å². The van der Waals surface area contributed by atoms with Crippen molar-refractivity contribution in [3.8, 4) is 5.75 Å². The number of piperidine rings is 1. The van der Waals surface area contributed by atoms with Gasteiger partial charge in [0.25, 0.3) is 0 Å². The van der Waals surface area contributed by atoms with E-state index in [0.717, 1.165) is 24.2 Å². The monoisotopic (exact) mass is 276 g/mol. The number of rotatable bonds is 4. The van der Waals surface area contributed by atoms with Gasteiger partial charge in [0, 0.05) is 18.1 Å². The topological polar surface area (TPSA) is 50.4 Å². The number of nitrogens with one attached hydrogen (secondary N) is 2. The van der Waals surface area contributed by atoms with E-state index >= 15 is 0 Å². The molecule has 110 valence electrons. The van der Waals surface area contributed by atoms with Crippen molar-refractivity contribution in [3.63, 3.8) is 0 Å². The Balaban J connectivity index is 1.85. The van der Waals surface area contributed by atoms with Crippen molar-refractivity contribution >= 4 is 5.91 Å². The van der Waals surface area contributed by atoms with Crippen molar-refractivity contribution in [1.82, 2.24) is 10.6 Å². The fourth-order valence-corrected chi connectivity index (χ4v) is 2.71. The number of carbonyl (C=O) groups is 1. The lowest BCUT2D eigenvalue weighted by Gasteiger charge is -2.34. The van der Waals surface area contributed by atoms with Crippen molar-refractivity contribution in [1.29, 1.82) is 0 Å². The van der Waals surface area contributed by atoms with Crippen LogP contribution in [0.25, 0.3) is 0 Å². The lowest BCUT2D eigenvalue weighted by molar-refractivity contribution is -0.121. The van der Waals surface area contributed by atoms with Gasteiger partial charge >= 0.3 is 0 Å². The summed E-state index contributed by atoms with van der Waals surface area (Å²) >= 11 is 0. The number of ether oxygens (including phenoxy) is 1. The van der Waals surface area contributed by atoms with Crippen LogP contribution >= 0.6 is 0 Å². The number of hydrogen-bond acceptors (Lipinski definition) is 3. The molecule has 3 atom stereocenters. The van der Waals surface area contributed by atoms with Crippen molar-refractivity contribution < 1.29 is 9.53 Å². The molecule has 1 aliphatic heterocycles. The molecule has 1 aromatic carbocycles. The molecule has 1 aliphatic rings. The Kier molecular flexibility index (Phi) is 5.01. The van der Waals surface area contributed by atoms with Crippen LogP contribution in [-0.4, -0.2) is 31.1 Å². The van der Waals surface area contributed by atoms with Gasteiger partial charge in [-0.05, 0) is 44.4 Å². The van der Waals surface area contributed by atoms with Gasteiger partial charge in [-0.3, -0.25) is 4.79 Å². The quantitative estimate of drug-likeness (QED) is 0.883. The molecule has 4 heteroatoms. The lowest BCUT2D eigenvalue weighted by Crippen LogP contribution is -2.55. The molecule has 0 aromatic heterocycles. The molecule has 2 N–H and O–H groups in total. The number of hydrogen-bond donors (Lipinski definition) is 2. The first-order valence-corrected chi connectivity index (χ1v) is 7.27. The maximum absolute atomic E-state index is 12.1. The highest BCUT2D eigenvalue weighted by Gasteiger charge is 2.25. The van der Waals surface area contributed by atoms with Crippen LogP contribution in [0.1, 0.15) is 32.3 Å². The second-order valence-corrected chi connectivity index (χ2v) is 5.63. The van der Waals surface area contributed by atoms with E-state index in [2.05, 4.69) is 24.5 Å². The van der Waals surface area contributed by atoms with E-state index in [1.807, 2.05) is 24.3 Å². The minimum absolute atomic E-state index is 0.0865. The standard InChI is InChI=1S/C16H24N2O2/c1-11-4-9-15(12(2)17-11)18-16(19)10-13-5-7-14(20-3)8-6-13/h5-8,11-12,15,17H,4,9-10H2,1-3H3,(H,18,19). The third-order valence-corrected chi connectivity index (χ3v) is 3.93. The van der Waals surface area contributed by atoms with Crippen LogP contribution < -0.4 is 15.4 Å². The molecule has 1 aromatic rings. The van der Waals surface area contributed by atoms with Gasteiger partial charge in [0.15, 0.2) is 0 Å². The molecular weight excluding hydrogens is 252 g/mol. The zero-order valence-corrected chi connectivity index (χ0v) is 12.5. The van der Waals surface area contributed by atoms with Crippen LogP contribution in [0, 0.1) is 0 Å². The predicted molar refractivity (Wildman–Crippen MR) is 79.9 cm³/mol. The van der Waals surface area contributed by atoms with Crippen LogP contribution in [0.4, 0.5) is 0 Å². The maximum atomic E-state index is 12.1. The van der Waals surface area contributed by atoms with E-state index in [0.29, 0.717) is 18.5 Å². The summed E-state index contributed by atoms with van der Waals surface area (Å²) in [7, 11) is 1.64. The Bertz CT molecular complexity index is 444. The number of carbonyl (C=O) groups excluding carboxylic acids is 1. The summed E-state index contributed by atoms with van der Waals surface area (Å²) in [5.41, 5.74) is 1.01. The molecule has 0 aliphatic carbocycles. The first kappa shape index (κ1) is 14.9. The largest absolute Gasteiger partial charge is 0.497 e. The molecule has 4 nitrogen and oxygen atoms in total. The average Bonchev–Trinajstić information content (AvgIpc) is 2.43. The van der Waals surface area contributed by atoms with Gasteiger partial charge in [0.05, 0.1) is 13.5 Å². The maximum Gasteiger partial charge on any atom is 0.224 e. The van der Waals surface area contributed by atoms with E-state index in [1.165, 1.54) is 0 Å². The van der Waals surface area contributed by atoms with Gasteiger partial charge in [0.2, 0.25) is 5.91 Å². The lowest BCUT2D eigenvalue weighted by atomic mass is 9.95. The minimum Gasteiger partial charge on any atom is -0.497 e. The molecule has 1 amide bonds. The zero-order chi connectivity index (χ0) is 14.5. The molecular formula is C16H24N2O2. The second-order valence-electron chi connectivity index (χ2n) is 5.63. The van der Waals surface area contributed by atoms with E-state index < -0.39 is 0 Å². The van der Waals surface area contributed by atoms with Crippen molar-refractivity contribution in [2.75, 3.05) is 7.11 Å². The van der Waals surface area contributed by atoms with Gasteiger partial charge in [-0.2, -0.15) is 0 Å². The summed E-state index contributed by atoms with van der Waals surface area (Å²) in [5.74, 6) is 0.900. The van der Waals surface area contributed by atoms with Crippen molar-refractivity contribution in [2.45, 2.75) is 51.2 Å². The zero-order valence-electron chi connectivity index (χ0n) is 12.5. The Hall–Kier alpha value is -1.55. The molecule has 1 heterocycles. The summed E-state index contributed by atoms with van der Waals surface area (Å²) in [4.78, 5) is 12.1. The highest BCUT2D eigenvalue weighted by atomic mass is 16.5. The molecule has 1 fully saturated rings. The van der Waals surface area contributed by atoms with Crippen LogP contribution in [0.5, 0.6) is 5.75 Å². The minimum atomic E-state index is 0.0865. The van der Waals surface area contributed by atoms with Crippen LogP contribution in [0.2, 0.25) is 0 Å². The third-order valence-electron chi connectivity index (χ3n) is 3.93. The fourth-order valence-electron chi connectivity index (χ4n) is 2.71. The van der Waals surface area contributed by atoms with Gasteiger partial charge in [-0.15, -0.1) is 0 Å². The summed E-state index contributed by atoms with van der Waals surface area (Å²) in [6, 6.07) is 8.74. The Labute approximate surface area is 120 Å². The Morgan fingerprint density at radius 1 is 1.30 bits per heavy atom. The van der Waals surface area contributed by atoms with E-state index in [4.69, 9.17) is 4.74 Å². The van der Waals surface area contributed by atoms with Crippen molar-refractivity contribution in [3.05, 3.63) is 29.8 Å². The summed E-state index contributed by atoms with van der Waals surface area (Å²) < 4.78 is 5.11. The molecule has 0 radical (unpaired) electrons. The molecule has 1 saturated heterocycles. The molecule has 20 heavy (non-hydrogen) atoms. The average molecular weight is 276 g/mol. The molecule has 0 spiro atoms. The van der Waals surface area contributed by atoms with Gasteiger partial charge in [-0.25, -0.2) is 0 Å². The third kappa shape index (κ3) is 3.97. The predicted octanol–water partition coefficient (Wildman–Crippen LogP) is 1.88. The Morgan fingerprint density at radius 3 is 2.60 bits per heavy atom. The van der Waals surface area contributed by atoms with Crippen molar-refractivity contribution in [2.24, 2.45) is 0 Å². The second kappa shape index (κ2) is 6.75.